The molecule has 0 aromatic carbocycles. The fourth-order valence-electron chi connectivity index (χ4n) is 0.977. The molecule has 1 N–H and O–H groups in total. The van der Waals surface area contributed by atoms with Crippen molar-refractivity contribution >= 4 is 35.7 Å². The van der Waals surface area contributed by atoms with Crippen molar-refractivity contribution in [2.45, 2.75) is 33.6 Å². The number of hydrogen-bond donors (Lipinski definition) is 1. The monoisotopic (exact) mass is 264 g/mol. The van der Waals surface area contributed by atoms with Gasteiger partial charge < -0.3 is 0 Å². The van der Waals surface area contributed by atoms with E-state index in [1.54, 1.807) is 4.31 Å². The van der Waals surface area contributed by atoms with E-state index in [0.29, 0.717) is 6.54 Å². The van der Waals surface area contributed by atoms with Crippen molar-refractivity contribution in [3.63, 3.8) is 0 Å². The lowest BCUT2D eigenvalue weighted by Gasteiger charge is -2.19. The molecule has 0 spiro atoms. The van der Waals surface area contributed by atoms with E-state index >= 15 is 0 Å². The summed E-state index contributed by atoms with van der Waals surface area (Å²) >= 11 is 2.65. The van der Waals surface area contributed by atoms with Crippen LogP contribution >= 0.6 is 23.9 Å². The first-order chi connectivity index (χ1) is 7.67. The summed E-state index contributed by atoms with van der Waals surface area (Å²) in [6, 6.07) is 0. The van der Waals surface area contributed by atoms with Crippen molar-refractivity contribution in [2.75, 3.05) is 18.1 Å². The Morgan fingerprint density at radius 2 is 1.88 bits per heavy atom. The lowest BCUT2D eigenvalue weighted by atomic mass is 10.3. The standard InChI is InChI=1S/C10H20N2O2S2/c1-4-7-8-12(16-6-3)10(14)9(13)11-15-5-2/h4-8H2,1-3H3,(H,11,13). The topological polar surface area (TPSA) is 49.4 Å². The minimum atomic E-state index is -0.524. The van der Waals surface area contributed by atoms with E-state index < -0.39 is 11.8 Å². The summed E-state index contributed by atoms with van der Waals surface area (Å²) in [5.41, 5.74) is 0. The summed E-state index contributed by atoms with van der Waals surface area (Å²) in [5, 5.41) is 0. The summed E-state index contributed by atoms with van der Waals surface area (Å²) in [5.74, 6) is 0.587. The maximum Gasteiger partial charge on any atom is 0.322 e. The number of nitrogens with one attached hydrogen (secondary N) is 1. The third kappa shape index (κ3) is 6.27. The van der Waals surface area contributed by atoms with Crippen molar-refractivity contribution in [3.8, 4) is 0 Å². The molecule has 0 aliphatic rings. The molecular weight excluding hydrogens is 244 g/mol. The van der Waals surface area contributed by atoms with Crippen molar-refractivity contribution in [1.82, 2.24) is 9.03 Å². The predicted molar refractivity (Wildman–Crippen MR) is 71.0 cm³/mol. The highest BCUT2D eigenvalue weighted by Gasteiger charge is 2.21. The van der Waals surface area contributed by atoms with Crippen molar-refractivity contribution in [3.05, 3.63) is 0 Å². The zero-order chi connectivity index (χ0) is 12.4. The maximum absolute atomic E-state index is 11.7. The van der Waals surface area contributed by atoms with E-state index in [1.807, 2.05) is 13.8 Å². The van der Waals surface area contributed by atoms with Gasteiger partial charge in [0.1, 0.15) is 0 Å². The molecule has 0 aromatic rings. The Kier molecular flexibility index (Phi) is 9.62. The molecule has 0 saturated carbocycles. The van der Waals surface area contributed by atoms with E-state index in [-0.39, 0.29) is 0 Å². The molecule has 0 saturated heterocycles. The van der Waals surface area contributed by atoms with Crippen LogP contribution in [0.15, 0.2) is 0 Å². The smallest absolute Gasteiger partial charge is 0.292 e. The highest BCUT2D eigenvalue weighted by atomic mass is 32.2. The van der Waals surface area contributed by atoms with E-state index in [0.717, 1.165) is 24.3 Å². The van der Waals surface area contributed by atoms with Crippen LogP contribution in [-0.2, 0) is 9.59 Å². The molecule has 0 unspecified atom stereocenters. The van der Waals surface area contributed by atoms with E-state index in [2.05, 4.69) is 11.6 Å². The second kappa shape index (κ2) is 9.84. The molecule has 16 heavy (non-hydrogen) atoms. The average molecular weight is 264 g/mol. The second-order valence-corrected chi connectivity index (χ2v) is 5.39. The Morgan fingerprint density at radius 1 is 1.19 bits per heavy atom. The highest BCUT2D eigenvalue weighted by molar-refractivity contribution is 7.98. The predicted octanol–water partition coefficient (Wildman–Crippen LogP) is 2.07. The van der Waals surface area contributed by atoms with Crippen LogP contribution in [0.4, 0.5) is 0 Å². The molecule has 0 rings (SSSR count). The minimum absolute atomic E-state index is 0.443. The zero-order valence-electron chi connectivity index (χ0n) is 10.1. The van der Waals surface area contributed by atoms with Gasteiger partial charge in [0.2, 0.25) is 0 Å². The van der Waals surface area contributed by atoms with Crippen molar-refractivity contribution in [1.29, 1.82) is 0 Å². The maximum atomic E-state index is 11.7. The minimum Gasteiger partial charge on any atom is -0.292 e. The van der Waals surface area contributed by atoms with Crippen molar-refractivity contribution < 1.29 is 9.59 Å². The lowest BCUT2D eigenvalue weighted by Crippen LogP contribution is -2.37. The number of nitrogens with zero attached hydrogens (tertiary/aromatic N) is 1. The van der Waals surface area contributed by atoms with Gasteiger partial charge in [-0.3, -0.25) is 18.6 Å². The van der Waals surface area contributed by atoms with E-state index in [1.165, 1.54) is 23.9 Å². The summed E-state index contributed by atoms with van der Waals surface area (Å²) in [7, 11) is 0. The molecule has 4 nitrogen and oxygen atoms in total. The fourth-order valence-corrected chi connectivity index (χ4v) is 2.11. The van der Waals surface area contributed by atoms with Crippen LogP contribution in [-0.4, -0.2) is 34.2 Å². The molecule has 0 radical (unpaired) electrons. The van der Waals surface area contributed by atoms with Gasteiger partial charge in [-0.2, -0.15) is 0 Å². The van der Waals surface area contributed by atoms with Gasteiger partial charge in [-0.1, -0.05) is 39.1 Å². The first-order valence-corrected chi connectivity index (χ1v) is 7.46. The molecule has 0 aliphatic heterocycles. The summed E-state index contributed by atoms with van der Waals surface area (Å²) < 4.78 is 4.07. The zero-order valence-corrected chi connectivity index (χ0v) is 11.7. The molecule has 0 fully saturated rings. The van der Waals surface area contributed by atoms with Gasteiger partial charge in [0.25, 0.3) is 0 Å². The molecule has 0 heterocycles. The van der Waals surface area contributed by atoms with Gasteiger partial charge in [0.15, 0.2) is 0 Å². The van der Waals surface area contributed by atoms with Crippen molar-refractivity contribution in [2.24, 2.45) is 0 Å². The molecule has 0 bridgehead atoms. The Balaban J connectivity index is 4.18. The quantitative estimate of drug-likeness (QED) is 0.565. The number of hydrogen-bond acceptors (Lipinski definition) is 4. The third-order valence-electron chi connectivity index (χ3n) is 1.73. The van der Waals surface area contributed by atoms with Crippen LogP contribution in [0.1, 0.15) is 33.6 Å². The van der Waals surface area contributed by atoms with Gasteiger partial charge in [-0.25, -0.2) is 0 Å². The van der Waals surface area contributed by atoms with Gasteiger partial charge in [-0.05, 0) is 18.4 Å². The number of carbonyl (C=O) groups excluding carboxylic acids is 2. The number of unbranched alkanes of at least 4 members (excludes halogenated alkanes) is 1. The number of amides is 2. The van der Waals surface area contributed by atoms with Crippen LogP contribution in [0.5, 0.6) is 0 Å². The molecule has 0 atom stereocenters. The summed E-state index contributed by atoms with van der Waals surface area (Å²) in [6.45, 7) is 6.59. The first kappa shape index (κ1) is 15.6. The Hall–Kier alpha value is -0.360. The summed E-state index contributed by atoms with van der Waals surface area (Å²) in [4.78, 5) is 23.2. The van der Waals surface area contributed by atoms with Crippen LogP contribution in [0.2, 0.25) is 0 Å². The molecule has 94 valence electrons. The Morgan fingerprint density at radius 3 is 2.38 bits per heavy atom. The van der Waals surface area contributed by atoms with Gasteiger partial charge in [0, 0.05) is 18.1 Å². The number of rotatable bonds is 7. The molecule has 2 amide bonds. The Labute approximate surface area is 106 Å². The normalized spacial score (nSPS) is 9.94. The molecular formula is C10H20N2O2S2. The van der Waals surface area contributed by atoms with Crippen LogP contribution < -0.4 is 4.72 Å². The van der Waals surface area contributed by atoms with E-state index in [4.69, 9.17) is 0 Å². The SMILES string of the molecule is CCCCN(SCC)C(=O)C(=O)NSCC. The molecule has 6 heteroatoms. The lowest BCUT2D eigenvalue weighted by molar-refractivity contribution is -0.141. The first-order valence-electron chi connectivity index (χ1n) is 5.53. The fraction of sp³-hybridized carbons (Fsp3) is 0.800. The second-order valence-electron chi connectivity index (χ2n) is 3.04. The van der Waals surface area contributed by atoms with Crippen LogP contribution in [0.25, 0.3) is 0 Å². The molecule has 0 aliphatic carbocycles. The highest BCUT2D eigenvalue weighted by Crippen LogP contribution is 2.11. The third-order valence-corrected chi connectivity index (χ3v) is 3.27. The largest absolute Gasteiger partial charge is 0.322 e. The Bertz CT molecular complexity index is 225. The summed E-state index contributed by atoms with van der Waals surface area (Å²) in [6.07, 6.45) is 1.94. The van der Waals surface area contributed by atoms with Gasteiger partial charge in [-0.15, -0.1) is 0 Å². The van der Waals surface area contributed by atoms with E-state index in [9.17, 15) is 9.59 Å². The van der Waals surface area contributed by atoms with Gasteiger partial charge in [0.05, 0.1) is 0 Å². The molecule has 0 aromatic heterocycles. The van der Waals surface area contributed by atoms with Gasteiger partial charge >= 0.3 is 11.8 Å². The number of carbonyl (C=O) groups is 2. The van der Waals surface area contributed by atoms with Crippen LogP contribution in [0, 0.1) is 0 Å². The average Bonchev–Trinajstić information content (AvgIpc) is 2.30. The van der Waals surface area contributed by atoms with Crippen LogP contribution in [0.3, 0.4) is 0 Å².